The van der Waals surface area contributed by atoms with Crippen LogP contribution in [0, 0.1) is 19.8 Å². The van der Waals surface area contributed by atoms with Gasteiger partial charge in [-0.3, -0.25) is 9.48 Å². The minimum Gasteiger partial charge on any atom is -0.448 e. The quantitative estimate of drug-likeness (QED) is 0.831. The van der Waals surface area contributed by atoms with Crippen LogP contribution in [-0.4, -0.2) is 27.8 Å². The lowest BCUT2D eigenvalue weighted by Crippen LogP contribution is -2.30. The second-order valence-corrected chi connectivity index (χ2v) is 8.25. The van der Waals surface area contributed by atoms with E-state index < -0.39 is 12.1 Å². The highest BCUT2D eigenvalue weighted by atomic mass is 32.1. The molecule has 1 N–H and O–H groups in total. The molecule has 2 aromatic rings. The molecule has 2 aromatic heterocycles. The van der Waals surface area contributed by atoms with E-state index >= 15 is 0 Å². The van der Waals surface area contributed by atoms with Crippen LogP contribution in [-0.2, 0) is 29.4 Å². The first-order valence-corrected chi connectivity index (χ1v) is 9.71. The van der Waals surface area contributed by atoms with Crippen LogP contribution in [0.1, 0.15) is 51.8 Å². The normalized spacial score (nSPS) is 17.5. The van der Waals surface area contributed by atoms with Gasteiger partial charge in [-0.2, -0.15) is 5.10 Å². The second-order valence-electron chi connectivity index (χ2n) is 7.11. The fraction of sp³-hybridized carbons (Fsp3) is 0.526. The molecule has 1 aliphatic carbocycles. The molecule has 7 heteroatoms. The van der Waals surface area contributed by atoms with Gasteiger partial charge < -0.3 is 10.1 Å². The highest BCUT2D eigenvalue weighted by Crippen LogP contribution is 2.32. The molecule has 0 aromatic carbocycles. The van der Waals surface area contributed by atoms with Gasteiger partial charge in [-0.15, -0.1) is 11.3 Å². The molecule has 0 spiro atoms. The Hall–Kier alpha value is -2.15. The highest BCUT2D eigenvalue weighted by molar-refractivity contribution is 7.14. The monoisotopic (exact) mass is 375 g/mol. The van der Waals surface area contributed by atoms with E-state index in [1.165, 1.54) is 21.8 Å². The predicted octanol–water partition coefficient (Wildman–Crippen LogP) is 3.41. The van der Waals surface area contributed by atoms with Crippen molar-refractivity contribution in [2.45, 2.75) is 53.1 Å². The van der Waals surface area contributed by atoms with E-state index in [9.17, 15) is 9.59 Å². The lowest BCUT2D eigenvalue weighted by atomic mass is 9.90. The molecule has 0 aliphatic heterocycles. The average Bonchev–Trinajstić information content (AvgIpc) is 3.10. The molecule has 0 radical (unpaired) electrons. The average molecular weight is 375 g/mol. The van der Waals surface area contributed by atoms with E-state index in [1.54, 1.807) is 11.6 Å². The molecule has 0 saturated heterocycles. The summed E-state index contributed by atoms with van der Waals surface area (Å²) in [4.78, 5) is 26.7. The molecule has 26 heavy (non-hydrogen) atoms. The van der Waals surface area contributed by atoms with Crippen LogP contribution >= 0.6 is 11.3 Å². The molecule has 1 amide bonds. The van der Waals surface area contributed by atoms with Gasteiger partial charge in [0.05, 0.1) is 17.1 Å². The van der Waals surface area contributed by atoms with Crippen molar-refractivity contribution in [1.29, 1.82) is 0 Å². The van der Waals surface area contributed by atoms with Crippen molar-refractivity contribution < 1.29 is 14.3 Å². The summed E-state index contributed by atoms with van der Waals surface area (Å²) in [6.45, 7) is 7.52. The maximum Gasteiger partial charge on any atom is 0.349 e. The minimum atomic E-state index is -0.875. The maximum absolute atomic E-state index is 12.4. The summed E-state index contributed by atoms with van der Waals surface area (Å²) < 4.78 is 7.10. The van der Waals surface area contributed by atoms with Crippen LogP contribution in [0.25, 0.3) is 0 Å². The van der Waals surface area contributed by atoms with Gasteiger partial charge in [0.1, 0.15) is 4.88 Å². The molecule has 0 saturated carbocycles. The zero-order chi connectivity index (χ0) is 19.0. The number of anilines is 1. The molecule has 2 atom stereocenters. The van der Waals surface area contributed by atoms with Gasteiger partial charge in [0.15, 0.2) is 6.10 Å². The van der Waals surface area contributed by atoms with Crippen LogP contribution in [0.5, 0.6) is 0 Å². The number of carbonyl (C=O) groups excluding carboxylic acids is 2. The summed E-state index contributed by atoms with van der Waals surface area (Å²) >= 11 is 1.49. The third-order valence-corrected chi connectivity index (χ3v) is 6.16. The molecule has 1 aliphatic rings. The number of thiophene rings is 1. The lowest BCUT2D eigenvalue weighted by Gasteiger charge is -2.16. The number of aryl methyl sites for hydroxylation is 3. The number of ether oxygens (including phenoxy) is 1. The largest absolute Gasteiger partial charge is 0.448 e. The zero-order valence-electron chi connectivity index (χ0n) is 15.9. The van der Waals surface area contributed by atoms with Gasteiger partial charge >= 0.3 is 5.97 Å². The fourth-order valence-electron chi connectivity index (χ4n) is 3.26. The summed E-state index contributed by atoms with van der Waals surface area (Å²) in [5, 5.41) is 7.09. The third kappa shape index (κ3) is 3.67. The van der Waals surface area contributed by atoms with E-state index in [0.29, 0.717) is 16.5 Å². The van der Waals surface area contributed by atoms with Crippen LogP contribution < -0.4 is 5.32 Å². The van der Waals surface area contributed by atoms with Gasteiger partial charge in [-0.1, -0.05) is 6.92 Å². The fourth-order valence-corrected chi connectivity index (χ4v) is 4.35. The Labute approximate surface area is 157 Å². The molecular weight excluding hydrogens is 350 g/mol. The number of esters is 1. The Balaban J connectivity index is 1.64. The molecule has 3 rings (SSSR count). The van der Waals surface area contributed by atoms with Crippen molar-refractivity contribution in [3.8, 4) is 0 Å². The molecule has 140 valence electrons. The van der Waals surface area contributed by atoms with Crippen molar-refractivity contribution in [3.05, 3.63) is 32.8 Å². The van der Waals surface area contributed by atoms with Crippen molar-refractivity contribution in [2.75, 3.05) is 5.32 Å². The van der Waals surface area contributed by atoms with Crippen molar-refractivity contribution in [1.82, 2.24) is 9.78 Å². The van der Waals surface area contributed by atoms with Crippen LogP contribution in [0.2, 0.25) is 0 Å². The predicted molar refractivity (Wildman–Crippen MR) is 102 cm³/mol. The first-order chi connectivity index (χ1) is 12.3. The number of nitrogens with zero attached hydrogens (tertiary/aromatic N) is 2. The number of aromatic nitrogens is 2. The number of hydrogen-bond acceptors (Lipinski definition) is 5. The maximum atomic E-state index is 12.4. The van der Waals surface area contributed by atoms with Gasteiger partial charge in [0.25, 0.3) is 5.91 Å². The number of rotatable bonds is 4. The van der Waals surface area contributed by atoms with Gasteiger partial charge in [-0.05, 0) is 57.6 Å². The van der Waals surface area contributed by atoms with Crippen molar-refractivity contribution in [3.63, 3.8) is 0 Å². The molecule has 0 fully saturated rings. The molecule has 0 bridgehead atoms. The van der Waals surface area contributed by atoms with Crippen molar-refractivity contribution in [2.24, 2.45) is 13.0 Å². The summed E-state index contributed by atoms with van der Waals surface area (Å²) in [6, 6.07) is 1.93. The van der Waals surface area contributed by atoms with Crippen LogP contribution in [0.15, 0.2) is 6.07 Å². The van der Waals surface area contributed by atoms with E-state index in [-0.39, 0.29) is 5.91 Å². The van der Waals surface area contributed by atoms with Crippen LogP contribution in [0.4, 0.5) is 5.69 Å². The Morgan fingerprint density at radius 3 is 2.81 bits per heavy atom. The van der Waals surface area contributed by atoms with E-state index in [0.717, 1.165) is 30.7 Å². The third-order valence-electron chi connectivity index (χ3n) is 4.94. The smallest absolute Gasteiger partial charge is 0.349 e. The molecule has 6 nitrogen and oxygen atoms in total. The minimum absolute atomic E-state index is 0.354. The first-order valence-electron chi connectivity index (χ1n) is 8.90. The summed E-state index contributed by atoms with van der Waals surface area (Å²) in [7, 11) is 1.82. The van der Waals surface area contributed by atoms with Gasteiger partial charge in [0, 0.05) is 11.9 Å². The molecular formula is C19H25N3O3S. The van der Waals surface area contributed by atoms with E-state index in [2.05, 4.69) is 17.3 Å². The Morgan fingerprint density at radius 2 is 2.15 bits per heavy atom. The molecule has 2 heterocycles. The summed E-state index contributed by atoms with van der Waals surface area (Å²) in [6.07, 6.45) is 2.31. The van der Waals surface area contributed by atoms with E-state index in [4.69, 9.17) is 4.74 Å². The number of carbonyl (C=O) groups is 2. The van der Waals surface area contributed by atoms with E-state index in [1.807, 2.05) is 27.0 Å². The zero-order valence-corrected chi connectivity index (χ0v) is 16.7. The number of fused-ring (bicyclic) bond motifs is 1. The standard InChI is InChI=1S/C19H25N3O3S/c1-10-6-7-15-14(8-10)9-16(26-15)19(24)25-13(4)18(23)20-17-11(2)21-22(5)12(17)3/h9-10,13H,6-8H2,1-5H3,(H,20,23)/t10-,13+/m1/s1. The lowest BCUT2D eigenvalue weighted by molar-refractivity contribution is -0.123. The van der Waals surface area contributed by atoms with Crippen LogP contribution in [0.3, 0.4) is 0 Å². The summed E-state index contributed by atoms with van der Waals surface area (Å²) in [5.41, 5.74) is 3.51. The number of hydrogen-bond donors (Lipinski definition) is 1. The van der Waals surface area contributed by atoms with Crippen molar-refractivity contribution >= 4 is 28.9 Å². The summed E-state index contributed by atoms with van der Waals surface area (Å²) in [5.74, 6) is -0.136. The highest BCUT2D eigenvalue weighted by Gasteiger charge is 2.25. The second kappa shape index (κ2) is 7.23. The number of nitrogens with one attached hydrogen (secondary N) is 1. The number of amides is 1. The van der Waals surface area contributed by atoms with Gasteiger partial charge in [0.2, 0.25) is 0 Å². The first kappa shape index (κ1) is 18.6. The Morgan fingerprint density at radius 1 is 1.42 bits per heavy atom. The Kier molecular flexibility index (Phi) is 5.18. The van der Waals surface area contributed by atoms with Gasteiger partial charge in [-0.25, -0.2) is 4.79 Å². The molecule has 0 unspecified atom stereocenters. The topological polar surface area (TPSA) is 73.2 Å². The SMILES string of the molecule is Cc1nn(C)c(C)c1NC(=O)[C@H](C)OC(=O)c1cc2c(s1)CC[C@@H](C)C2. The Bertz CT molecular complexity index is 853.